The van der Waals surface area contributed by atoms with Crippen molar-refractivity contribution >= 4 is 56.0 Å². The van der Waals surface area contributed by atoms with Gasteiger partial charge in [0, 0.05) is 27.8 Å². The third-order valence-corrected chi connectivity index (χ3v) is 10.9. The first-order chi connectivity index (χ1) is 24.7. The average Bonchev–Trinajstić information content (AvgIpc) is 3.19. The van der Waals surface area contributed by atoms with Gasteiger partial charge >= 0.3 is 0 Å². The highest BCUT2D eigenvalue weighted by Crippen LogP contribution is 2.58. The number of anilines is 6. The number of para-hydroxylation sites is 2. The zero-order valence-electron chi connectivity index (χ0n) is 26.6. The molecular formula is C43H27N5OS. The van der Waals surface area contributed by atoms with Crippen LogP contribution < -0.4 is 9.80 Å². The fourth-order valence-electron chi connectivity index (χ4n) is 7.23. The van der Waals surface area contributed by atoms with Crippen LogP contribution in [0.4, 0.5) is 34.4 Å². The minimum absolute atomic E-state index is 0.504. The van der Waals surface area contributed by atoms with Gasteiger partial charge in [0.15, 0.2) is 11.6 Å². The van der Waals surface area contributed by atoms with Crippen LogP contribution in [0.15, 0.2) is 174 Å². The van der Waals surface area contributed by atoms with Gasteiger partial charge < -0.3 is 4.90 Å². The number of fused-ring (bicyclic) bond motifs is 5. The topological polar surface area (TPSA) is 62.2 Å². The molecule has 236 valence electrons. The van der Waals surface area contributed by atoms with E-state index in [0.717, 1.165) is 71.3 Å². The summed E-state index contributed by atoms with van der Waals surface area (Å²) in [6, 6.07) is 55.2. The van der Waals surface area contributed by atoms with Gasteiger partial charge in [-0.15, -0.1) is 0 Å². The Hall–Kier alpha value is -6.44. The Morgan fingerprint density at radius 3 is 1.76 bits per heavy atom. The van der Waals surface area contributed by atoms with Crippen molar-refractivity contribution in [3.05, 3.63) is 164 Å². The van der Waals surface area contributed by atoms with E-state index in [1.165, 1.54) is 0 Å². The number of nitrogens with zero attached hydrogens (tertiary/aromatic N) is 5. The summed E-state index contributed by atoms with van der Waals surface area (Å²) in [4.78, 5) is 21.3. The minimum atomic E-state index is -1.40. The molecule has 0 saturated carbocycles. The quantitative estimate of drug-likeness (QED) is 0.187. The minimum Gasteiger partial charge on any atom is -0.307 e. The molecule has 0 saturated heterocycles. The van der Waals surface area contributed by atoms with Gasteiger partial charge in [-0.25, -0.2) is 9.19 Å². The molecule has 7 heteroatoms. The van der Waals surface area contributed by atoms with Gasteiger partial charge in [0.05, 0.1) is 43.3 Å². The summed E-state index contributed by atoms with van der Waals surface area (Å²) < 4.78 is 14.5. The Morgan fingerprint density at radius 2 is 1.06 bits per heavy atom. The molecule has 0 fully saturated rings. The van der Waals surface area contributed by atoms with Gasteiger partial charge in [-0.05, 0) is 53.4 Å². The molecule has 0 amide bonds. The Morgan fingerprint density at radius 1 is 0.460 bits per heavy atom. The summed E-state index contributed by atoms with van der Waals surface area (Å²) in [6.45, 7) is 0. The first kappa shape index (κ1) is 28.6. The van der Waals surface area contributed by atoms with E-state index < -0.39 is 10.8 Å². The van der Waals surface area contributed by atoms with Crippen LogP contribution in [0.1, 0.15) is 0 Å². The third-order valence-electron chi connectivity index (χ3n) is 9.38. The molecule has 2 aliphatic rings. The van der Waals surface area contributed by atoms with Crippen molar-refractivity contribution in [2.24, 2.45) is 0 Å². The maximum absolute atomic E-state index is 14.5. The second kappa shape index (κ2) is 11.3. The highest BCUT2D eigenvalue weighted by molar-refractivity contribution is 7.85. The number of aromatic nitrogens is 3. The monoisotopic (exact) mass is 661 g/mol. The number of hydrogen-bond donors (Lipinski definition) is 0. The van der Waals surface area contributed by atoms with Crippen LogP contribution in [0.3, 0.4) is 0 Å². The predicted octanol–water partition coefficient (Wildman–Crippen LogP) is 10.8. The second-order valence-electron chi connectivity index (χ2n) is 12.2. The van der Waals surface area contributed by atoms with Crippen LogP contribution in [0, 0.1) is 0 Å². The lowest BCUT2D eigenvalue weighted by Gasteiger charge is -2.39. The van der Waals surface area contributed by atoms with E-state index in [1.54, 1.807) is 0 Å². The lowest BCUT2D eigenvalue weighted by molar-refractivity contribution is 0.682. The van der Waals surface area contributed by atoms with Gasteiger partial charge in [0.1, 0.15) is 0 Å². The zero-order chi connectivity index (χ0) is 33.2. The smallest absolute Gasteiger partial charge is 0.238 e. The Kier molecular flexibility index (Phi) is 6.47. The SMILES string of the molecule is O=S1c2ccccc2N(c2ccccc2)c2c1ccc1c2-c2cccc3cccc(c23)N1c1nc(-c2ccccc2)nc(-c2ccccc2)n1. The molecule has 7 aromatic carbocycles. The molecule has 0 bridgehead atoms. The summed E-state index contributed by atoms with van der Waals surface area (Å²) >= 11 is 0. The van der Waals surface area contributed by atoms with Gasteiger partial charge in [-0.3, -0.25) is 4.90 Å². The van der Waals surface area contributed by atoms with Crippen LogP contribution in [-0.2, 0) is 10.8 Å². The van der Waals surface area contributed by atoms with Gasteiger partial charge in [-0.2, -0.15) is 9.97 Å². The van der Waals surface area contributed by atoms with Crippen molar-refractivity contribution < 1.29 is 4.21 Å². The molecule has 0 radical (unpaired) electrons. The summed E-state index contributed by atoms with van der Waals surface area (Å²) in [5.74, 6) is 1.67. The van der Waals surface area contributed by atoms with E-state index in [2.05, 4.69) is 70.5 Å². The van der Waals surface area contributed by atoms with Crippen LogP contribution >= 0.6 is 0 Å². The lowest BCUT2D eigenvalue weighted by Crippen LogP contribution is -2.24. The van der Waals surface area contributed by atoms with E-state index in [0.29, 0.717) is 17.6 Å². The van der Waals surface area contributed by atoms with Gasteiger partial charge in [0.2, 0.25) is 5.95 Å². The van der Waals surface area contributed by atoms with Gasteiger partial charge in [-0.1, -0.05) is 121 Å². The molecule has 50 heavy (non-hydrogen) atoms. The summed E-state index contributed by atoms with van der Waals surface area (Å²) in [7, 11) is -1.40. The molecule has 2 aliphatic heterocycles. The van der Waals surface area contributed by atoms with Crippen molar-refractivity contribution in [2.45, 2.75) is 9.79 Å². The normalized spacial score (nSPS) is 14.2. The maximum Gasteiger partial charge on any atom is 0.238 e. The molecule has 0 aliphatic carbocycles. The largest absolute Gasteiger partial charge is 0.307 e. The highest BCUT2D eigenvalue weighted by atomic mass is 32.2. The number of rotatable bonds is 4. The van der Waals surface area contributed by atoms with Crippen molar-refractivity contribution in [2.75, 3.05) is 9.80 Å². The van der Waals surface area contributed by atoms with E-state index in [1.807, 2.05) is 103 Å². The molecule has 0 N–H and O–H groups in total. The van der Waals surface area contributed by atoms with Gasteiger partial charge in [0.25, 0.3) is 0 Å². The maximum atomic E-state index is 14.5. The van der Waals surface area contributed by atoms with E-state index in [4.69, 9.17) is 15.0 Å². The van der Waals surface area contributed by atoms with Crippen LogP contribution in [0.25, 0.3) is 44.7 Å². The van der Waals surface area contributed by atoms with Crippen LogP contribution in [0.2, 0.25) is 0 Å². The number of hydrogen-bond acceptors (Lipinski definition) is 6. The molecule has 0 spiro atoms. The van der Waals surface area contributed by atoms with Crippen LogP contribution in [0.5, 0.6) is 0 Å². The fourth-order valence-corrected chi connectivity index (χ4v) is 8.58. The summed E-state index contributed by atoms with van der Waals surface area (Å²) in [6.07, 6.45) is 0. The molecule has 10 rings (SSSR count). The Labute approximate surface area is 291 Å². The molecule has 3 heterocycles. The fraction of sp³-hybridized carbons (Fsp3) is 0. The predicted molar refractivity (Wildman–Crippen MR) is 201 cm³/mol. The van der Waals surface area contributed by atoms with E-state index >= 15 is 0 Å². The Balaban J connectivity index is 1.31. The third kappa shape index (κ3) is 4.34. The molecule has 1 unspecified atom stereocenters. The van der Waals surface area contributed by atoms with Crippen molar-refractivity contribution in [1.82, 2.24) is 15.0 Å². The molecule has 1 aromatic heterocycles. The van der Waals surface area contributed by atoms with Crippen molar-refractivity contribution in [1.29, 1.82) is 0 Å². The number of benzene rings is 7. The zero-order valence-corrected chi connectivity index (χ0v) is 27.5. The van der Waals surface area contributed by atoms with E-state index in [-0.39, 0.29) is 0 Å². The van der Waals surface area contributed by atoms with Crippen molar-refractivity contribution in [3.63, 3.8) is 0 Å². The molecular weight excluding hydrogens is 635 g/mol. The van der Waals surface area contributed by atoms with E-state index in [9.17, 15) is 4.21 Å². The average molecular weight is 662 g/mol. The summed E-state index contributed by atoms with van der Waals surface area (Å²) in [5, 5.41) is 2.17. The molecule has 8 aromatic rings. The highest BCUT2D eigenvalue weighted by Gasteiger charge is 2.37. The summed E-state index contributed by atoms with van der Waals surface area (Å²) in [5.41, 5.74) is 8.48. The van der Waals surface area contributed by atoms with Crippen molar-refractivity contribution in [3.8, 4) is 33.9 Å². The first-order valence-corrected chi connectivity index (χ1v) is 17.6. The second-order valence-corrected chi connectivity index (χ2v) is 13.7. The van der Waals surface area contributed by atoms with Crippen LogP contribution in [-0.4, -0.2) is 19.2 Å². The lowest BCUT2D eigenvalue weighted by atomic mass is 9.89. The standard InChI is InChI=1S/C43H27N5OS/c49-50-36-25-11-10-23-33(36)47(31-20-8-3-9-21-31)40-37(50)27-26-35-39(40)32-22-12-18-28-19-13-24-34(38(28)32)48(35)43-45-41(29-14-4-1-5-15-29)44-42(46-43)30-16-6-2-7-17-30/h1-27H. The first-order valence-electron chi connectivity index (χ1n) is 16.5. The Bertz CT molecular complexity index is 2570. The molecule has 6 nitrogen and oxygen atoms in total. The molecule has 1 atom stereocenters.